The van der Waals surface area contributed by atoms with Gasteiger partial charge in [-0.2, -0.15) is 13.8 Å². The van der Waals surface area contributed by atoms with Crippen molar-refractivity contribution in [3.05, 3.63) is 12.4 Å². The van der Waals surface area contributed by atoms with E-state index < -0.39 is 0 Å². The highest BCUT2D eigenvalue weighted by Gasteiger charge is 2.10. The summed E-state index contributed by atoms with van der Waals surface area (Å²) in [4.78, 5) is 0. The van der Waals surface area contributed by atoms with Crippen LogP contribution in [0.15, 0.2) is 12.4 Å². The molecule has 0 atom stereocenters. The van der Waals surface area contributed by atoms with Gasteiger partial charge in [-0.1, -0.05) is 6.92 Å². The van der Waals surface area contributed by atoms with Gasteiger partial charge in [-0.3, -0.25) is 4.68 Å². The molecular weight excluding hydrogens is 210 g/mol. The van der Waals surface area contributed by atoms with Crippen LogP contribution in [-0.2, 0) is 6.54 Å². The monoisotopic (exact) mass is 223 g/mol. The van der Waals surface area contributed by atoms with Crippen molar-refractivity contribution in [3.63, 3.8) is 0 Å². The summed E-state index contributed by atoms with van der Waals surface area (Å²) in [5, 5.41) is 7.28. The zero-order valence-corrected chi connectivity index (χ0v) is 9.58. The third kappa shape index (κ3) is 1.99. The number of aryl methyl sites for hydroxylation is 1. The summed E-state index contributed by atoms with van der Waals surface area (Å²) in [6, 6.07) is 0. The lowest BCUT2D eigenvalue weighted by molar-refractivity contribution is 0.603. The van der Waals surface area contributed by atoms with Gasteiger partial charge in [-0.15, -0.1) is 0 Å². The molecule has 0 bridgehead atoms. The van der Waals surface area contributed by atoms with Crippen molar-refractivity contribution >= 4 is 17.5 Å². The Morgan fingerprint density at radius 1 is 1.47 bits per heavy atom. The third-order valence-electron chi connectivity index (χ3n) is 2.08. The normalized spacial score (nSPS) is 10.5. The minimum absolute atomic E-state index is 0.816. The van der Waals surface area contributed by atoms with E-state index in [9.17, 15) is 0 Å². The molecule has 0 saturated carbocycles. The number of rotatable bonds is 4. The number of nitrogens with zero attached hydrogens (tertiary/aromatic N) is 4. The van der Waals surface area contributed by atoms with Gasteiger partial charge in [0.2, 0.25) is 0 Å². The fraction of sp³-hybridized carbons (Fsp3) is 0.444. The summed E-state index contributed by atoms with van der Waals surface area (Å²) in [6.07, 6.45) is 4.91. The summed E-state index contributed by atoms with van der Waals surface area (Å²) < 4.78 is 10.3. The van der Waals surface area contributed by atoms with Gasteiger partial charge < -0.3 is 5.32 Å². The first-order valence-electron chi connectivity index (χ1n) is 4.88. The second-order valence-electron chi connectivity index (χ2n) is 3.20. The zero-order valence-electron chi connectivity index (χ0n) is 8.77. The van der Waals surface area contributed by atoms with Gasteiger partial charge in [0.15, 0.2) is 5.82 Å². The first-order valence-corrected chi connectivity index (χ1v) is 5.61. The number of hydrogen-bond acceptors (Lipinski definition) is 5. The number of hydrogen-bond donors (Lipinski definition) is 1. The fourth-order valence-electron chi connectivity index (χ4n) is 1.38. The lowest BCUT2D eigenvalue weighted by Crippen LogP contribution is -1.95. The molecule has 0 aliphatic heterocycles. The predicted molar refractivity (Wildman–Crippen MR) is 61.0 cm³/mol. The van der Waals surface area contributed by atoms with Crippen LogP contribution in [0.1, 0.15) is 13.3 Å². The van der Waals surface area contributed by atoms with Gasteiger partial charge in [0.1, 0.15) is 5.69 Å². The zero-order chi connectivity index (χ0) is 10.7. The summed E-state index contributed by atoms with van der Waals surface area (Å²) in [5.74, 6) is 0.816. The fourth-order valence-corrected chi connectivity index (χ4v) is 1.95. The van der Waals surface area contributed by atoms with Crippen molar-refractivity contribution in [2.75, 3.05) is 12.4 Å². The molecule has 0 unspecified atom stereocenters. The topological polar surface area (TPSA) is 55.6 Å². The Kier molecular flexibility index (Phi) is 2.96. The van der Waals surface area contributed by atoms with E-state index in [-0.39, 0.29) is 0 Å². The Bertz CT molecular complexity index is 433. The molecule has 15 heavy (non-hydrogen) atoms. The van der Waals surface area contributed by atoms with Crippen LogP contribution in [0.2, 0.25) is 0 Å². The van der Waals surface area contributed by atoms with E-state index in [4.69, 9.17) is 0 Å². The first-order chi connectivity index (χ1) is 7.35. The van der Waals surface area contributed by atoms with Gasteiger partial charge in [0.25, 0.3) is 0 Å². The van der Waals surface area contributed by atoms with Crippen LogP contribution in [0, 0.1) is 0 Å². The lowest BCUT2D eigenvalue weighted by Gasteiger charge is -1.96. The average molecular weight is 223 g/mol. The Hall–Kier alpha value is -1.43. The Balaban J connectivity index is 2.28. The van der Waals surface area contributed by atoms with E-state index in [0.717, 1.165) is 30.0 Å². The molecule has 6 heteroatoms. The maximum Gasteiger partial charge on any atom is 0.167 e. The molecule has 0 fully saturated rings. The van der Waals surface area contributed by atoms with E-state index in [1.54, 1.807) is 0 Å². The SMILES string of the molecule is CCCn1cc(-c2nsnc2NC)cn1. The molecule has 0 aromatic carbocycles. The average Bonchev–Trinajstić information content (AvgIpc) is 2.84. The second kappa shape index (κ2) is 4.39. The molecule has 2 heterocycles. The van der Waals surface area contributed by atoms with Crippen molar-refractivity contribution < 1.29 is 0 Å². The van der Waals surface area contributed by atoms with Crippen LogP contribution in [0.3, 0.4) is 0 Å². The second-order valence-corrected chi connectivity index (χ2v) is 3.73. The predicted octanol–water partition coefficient (Wildman–Crippen LogP) is 1.85. The highest BCUT2D eigenvalue weighted by molar-refractivity contribution is 6.99. The summed E-state index contributed by atoms with van der Waals surface area (Å²) >= 11 is 1.21. The van der Waals surface area contributed by atoms with E-state index in [2.05, 4.69) is 26.1 Å². The quantitative estimate of drug-likeness (QED) is 0.859. The van der Waals surface area contributed by atoms with Gasteiger partial charge >= 0.3 is 0 Å². The number of aromatic nitrogens is 4. The summed E-state index contributed by atoms with van der Waals surface area (Å²) in [5.41, 5.74) is 1.89. The minimum atomic E-state index is 0.816. The van der Waals surface area contributed by atoms with Crippen molar-refractivity contribution in [3.8, 4) is 11.3 Å². The summed E-state index contributed by atoms with van der Waals surface area (Å²) in [6.45, 7) is 3.07. The molecule has 2 aromatic rings. The molecule has 0 aliphatic rings. The van der Waals surface area contributed by atoms with Crippen LogP contribution >= 0.6 is 11.7 Å². The third-order valence-corrected chi connectivity index (χ3v) is 2.61. The molecule has 2 rings (SSSR count). The molecule has 0 aliphatic carbocycles. The van der Waals surface area contributed by atoms with Crippen LogP contribution in [0.5, 0.6) is 0 Å². The van der Waals surface area contributed by atoms with Crippen LogP contribution in [-0.4, -0.2) is 25.6 Å². The van der Waals surface area contributed by atoms with Crippen molar-refractivity contribution in [2.45, 2.75) is 19.9 Å². The lowest BCUT2D eigenvalue weighted by atomic mass is 10.2. The van der Waals surface area contributed by atoms with E-state index in [0.29, 0.717) is 0 Å². The van der Waals surface area contributed by atoms with E-state index in [1.807, 2.05) is 24.1 Å². The number of anilines is 1. The van der Waals surface area contributed by atoms with Gasteiger partial charge in [-0.05, 0) is 6.42 Å². The Morgan fingerprint density at radius 2 is 2.33 bits per heavy atom. The molecule has 80 valence electrons. The van der Waals surface area contributed by atoms with E-state index in [1.165, 1.54) is 11.7 Å². The van der Waals surface area contributed by atoms with Crippen LogP contribution in [0.4, 0.5) is 5.82 Å². The molecule has 1 N–H and O–H groups in total. The van der Waals surface area contributed by atoms with Crippen molar-refractivity contribution in [1.82, 2.24) is 18.5 Å². The van der Waals surface area contributed by atoms with Gasteiger partial charge in [0.05, 0.1) is 17.9 Å². The highest BCUT2D eigenvalue weighted by atomic mass is 32.1. The van der Waals surface area contributed by atoms with Crippen LogP contribution < -0.4 is 5.32 Å². The Morgan fingerprint density at radius 3 is 3.07 bits per heavy atom. The van der Waals surface area contributed by atoms with Gasteiger partial charge in [-0.25, -0.2) is 0 Å². The van der Waals surface area contributed by atoms with Crippen molar-refractivity contribution in [2.24, 2.45) is 0 Å². The largest absolute Gasteiger partial charge is 0.370 e. The van der Waals surface area contributed by atoms with Gasteiger partial charge in [0, 0.05) is 25.4 Å². The smallest absolute Gasteiger partial charge is 0.167 e. The summed E-state index contributed by atoms with van der Waals surface area (Å²) in [7, 11) is 1.84. The minimum Gasteiger partial charge on any atom is -0.370 e. The standard InChI is InChI=1S/C9H13N5S/c1-3-4-14-6-7(5-11-14)8-9(10-2)13-15-12-8/h5-6H,3-4H2,1-2H3,(H,10,13). The molecular formula is C9H13N5S. The Labute approximate surface area is 92.5 Å². The molecule has 0 radical (unpaired) electrons. The molecule has 0 amide bonds. The highest BCUT2D eigenvalue weighted by Crippen LogP contribution is 2.24. The molecule has 5 nitrogen and oxygen atoms in total. The molecule has 0 saturated heterocycles. The van der Waals surface area contributed by atoms with Crippen molar-refractivity contribution in [1.29, 1.82) is 0 Å². The first kappa shape index (κ1) is 10.1. The van der Waals surface area contributed by atoms with Crippen LogP contribution in [0.25, 0.3) is 11.3 Å². The molecule has 2 aromatic heterocycles. The number of nitrogens with one attached hydrogen (secondary N) is 1. The molecule has 0 spiro atoms. The maximum absolute atomic E-state index is 4.26. The maximum atomic E-state index is 4.26. The van der Waals surface area contributed by atoms with E-state index >= 15 is 0 Å².